The Labute approximate surface area is 172 Å². The predicted octanol–water partition coefficient (Wildman–Crippen LogP) is 2.14. The molecule has 1 fully saturated rings. The van der Waals surface area contributed by atoms with Gasteiger partial charge >= 0.3 is 0 Å². The van der Waals surface area contributed by atoms with E-state index in [9.17, 15) is 9.59 Å². The van der Waals surface area contributed by atoms with Crippen molar-refractivity contribution >= 4 is 17.5 Å². The first-order chi connectivity index (χ1) is 14.2. The molecule has 6 heteroatoms. The molecule has 6 nitrogen and oxygen atoms in total. The fraction of sp³-hybridized carbons (Fsp3) is 0.435. The largest absolute Gasteiger partial charge is 0.340 e. The number of amides is 2. The lowest BCUT2D eigenvalue weighted by atomic mass is 10.0. The van der Waals surface area contributed by atoms with Crippen LogP contribution in [0.2, 0.25) is 0 Å². The summed E-state index contributed by atoms with van der Waals surface area (Å²) in [5.74, 6) is 0.346. The first kappa shape index (κ1) is 19.6. The zero-order valence-electron chi connectivity index (χ0n) is 16.8. The quantitative estimate of drug-likeness (QED) is 0.782. The molecular formula is C23H28N4O2. The highest BCUT2D eigenvalue weighted by atomic mass is 16.2. The number of carbonyl (C=O) groups is 2. The number of aromatic nitrogens is 1. The maximum absolute atomic E-state index is 12.9. The van der Waals surface area contributed by atoms with Crippen molar-refractivity contribution in [2.45, 2.75) is 25.7 Å². The van der Waals surface area contributed by atoms with Gasteiger partial charge in [-0.25, -0.2) is 0 Å². The van der Waals surface area contributed by atoms with E-state index in [2.05, 4.69) is 16.0 Å². The van der Waals surface area contributed by atoms with Gasteiger partial charge in [-0.2, -0.15) is 0 Å². The predicted molar refractivity (Wildman–Crippen MR) is 113 cm³/mol. The second-order valence-electron chi connectivity index (χ2n) is 7.80. The summed E-state index contributed by atoms with van der Waals surface area (Å²) < 4.78 is 0. The van der Waals surface area contributed by atoms with E-state index in [1.807, 2.05) is 46.3 Å². The van der Waals surface area contributed by atoms with Gasteiger partial charge in [-0.15, -0.1) is 0 Å². The Hall–Kier alpha value is -2.73. The zero-order valence-corrected chi connectivity index (χ0v) is 16.8. The molecule has 2 aliphatic heterocycles. The smallest absolute Gasteiger partial charge is 0.241 e. The summed E-state index contributed by atoms with van der Waals surface area (Å²) in [6.07, 6.45) is 6.85. The summed E-state index contributed by atoms with van der Waals surface area (Å²) in [6.45, 7) is 4.10. The van der Waals surface area contributed by atoms with Crippen molar-refractivity contribution in [3.8, 4) is 0 Å². The van der Waals surface area contributed by atoms with Crippen molar-refractivity contribution < 1.29 is 9.59 Å². The van der Waals surface area contributed by atoms with Gasteiger partial charge in [0.2, 0.25) is 11.8 Å². The SMILES string of the molecule is O=C(CCc1cccnc1)N1CCN(CC(=O)N2CCCc3ccccc32)CC1. The Kier molecular flexibility index (Phi) is 6.20. The molecule has 0 N–H and O–H groups in total. The Balaban J connectivity index is 1.25. The van der Waals surface area contributed by atoms with Gasteiger partial charge in [-0.3, -0.25) is 19.5 Å². The van der Waals surface area contributed by atoms with Gasteiger partial charge in [0.05, 0.1) is 6.54 Å². The maximum atomic E-state index is 12.9. The number of carbonyl (C=O) groups excluding carboxylic acids is 2. The Bertz CT molecular complexity index is 847. The number of pyridine rings is 1. The minimum absolute atomic E-state index is 0.161. The van der Waals surface area contributed by atoms with Crippen LogP contribution in [0.25, 0.3) is 0 Å². The molecule has 1 saturated heterocycles. The van der Waals surface area contributed by atoms with E-state index in [0.717, 1.165) is 50.1 Å². The molecule has 3 heterocycles. The highest BCUT2D eigenvalue weighted by molar-refractivity contribution is 5.96. The summed E-state index contributed by atoms with van der Waals surface area (Å²) in [6, 6.07) is 12.1. The lowest BCUT2D eigenvalue weighted by Gasteiger charge is -2.36. The van der Waals surface area contributed by atoms with Crippen molar-refractivity contribution in [2.24, 2.45) is 0 Å². The maximum Gasteiger partial charge on any atom is 0.241 e. The molecular weight excluding hydrogens is 364 g/mol. The number of piperazine rings is 1. The monoisotopic (exact) mass is 392 g/mol. The second kappa shape index (κ2) is 9.18. The summed E-state index contributed by atoms with van der Waals surface area (Å²) >= 11 is 0. The van der Waals surface area contributed by atoms with Crippen molar-refractivity contribution in [2.75, 3.05) is 44.2 Å². The molecule has 2 amide bonds. The van der Waals surface area contributed by atoms with Crippen molar-refractivity contribution in [3.63, 3.8) is 0 Å². The second-order valence-corrected chi connectivity index (χ2v) is 7.80. The van der Waals surface area contributed by atoms with Crippen LogP contribution < -0.4 is 4.90 Å². The number of para-hydroxylation sites is 1. The lowest BCUT2D eigenvalue weighted by Crippen LogP contribution is -2.52. The van der Waals surface area contributed by atoms with Crippen LogP contribution in [0.3, 0.4) is 0 Å². The van der Waals surface area contributed by atoms with Crippen molar-refractivity contribution in [3.05, 3.63) is 59.9 Å². The number of aryl methyl sites for hydroxylation is 2. The standard InChI is InChI=1S/C23H28N4O2/c28-22(10-9-19-5-3-11-24-17-19)26-15-13-25(14-16-26)18-23(29)27-12-4-7-20-6-1-2-8-21(20)27/h1-3,5-6,8,11,17H,4,7,9-10,12-16,18H2. The van der Waals surface area contributed by atoms with Crippen LogP contribution in [0.15, 0.2) is 48.8 Å². The molecule has 0 unspecified atom stereocenters. The fourth-order valence-electron chi connectivity index (χ4n) is 4.18. The van der Waals surface area contributed by atoms with Gasteiger partial charge in [0.25, 0.3) is 0 Å². The topological polar surface area (TPSA) is 56.8 Å². The molecule has 1 aromatic heterocycles. The third-order valence-electron chi connectivity index (χ3n) is 5.85. The zero-order chi connectivity index (χ0) is 20.1. The van der Waals surface area contributed by atoms with E-state index in [4.69, 9.17) is 0 Å². The minimum atomic E-state index is 0.161. The molecule has 0 aliphatic carbocycles. The van der Waals surface area contributed by atoms with Crippen LogP contribution >= 0.6 is 0 Å². The number of rotatable bonds is 5. The summed E-state index contributed by atoms with van der Waals surface area (Å²) in [7, 11) is 0. The van der Waals surface area contributed by atoms with Gasteiger partial charge in [0, 0.05) is 57.2 Å². The molecule has 0 atom stereocenters. The van der Waals surface area contributed by atoms with Crippen LogP contribution in [0.5, 0.6) is 0 Å². The third-order valence-corrected chi connectivity index (χ3v) is 5.85. The van der Waals surface area contributed by atoms with Crippen LogP contribution in [0.1, 0.15) is 24.0 Å². The normalized spacial score (nSPS) is 17.1. The molecule has 2 aromatic rings. The van der Waals surface area contributed by atoms with Crippen LogP contribution in [-0.2, 0) is 22.4 Å². The summed E-state index contributed by atoms with van der Waals surface area (Å²) in [5, 5.41) is 0. The summed E-state index contributed by atoms with van der Waals surface area (Å²) in [4.78, 5) is 35.5. The molecule has 1 aromatic carbocycles. The van der Waals surface area contributed by atoms with Gasteiger partial charge in [-0.1, -0.05) is 24.3 Å². The van der Waals surface area contributed by atoms with Crippen molar-refractivity contribution in [1.29, 1.82) is 0 Å². The number of hydrogen-bond donors (Lipinski definition) is 0. The summed E-state index contributed by atoms with van der Waals surface area (Å²) in [5.41, 5.74) is 3.41. The molecule has 152 valence electrons. The van der Waals surface area contributed by atoms with Crippen LogP contribution in [0.4, 0.5) is 5.69 Å². The molecule has 29 heavy (non-hydrogen) atoms. The van der Waals surface area contributed by atoms with E-state index in [1.165, 1.54) is 5.56 Å². The first-order valence-corrected chi connectivity index (χ1v) is 10.5. The number of hydrogen-bond acceptors (Lipinski definition) is 4. The molecule has 0 spiro atoms. The Morgan fingerprint density at radius 1 is 0.931 bits per heavy atom. The number of nitrogens with zero attached hydrogens (tertiary/aromatic N) is 4. The van der Waals surface area contributed by atoms with Gasteiger partial charge in [-0.05, 0) is 42.5 Å². The average Bonchev–Trinajstić information content (AvgIpc) is 2.78. The molecule has 0 radical (unpaired) electrons. The van der Waals surface area contributed by atoms with Crippen LogP contribution in [-0.4, -0.2) is 65.9 Å². The van der Waals surface area contributed by atoms with Gasteiger partial charge in [0.1, 0.15) is 0 Å². The molecule has 0 bridgehead atoms. The highest BCUT2D eigenvalue weighted by Crippen LogP contribution is 2.26. The number of benzene rings is 1. The third kappa shape index (κ3) is 4.82. The number of anilines is 1. The average molecular weight is 393 g/mol. The minimum Gasteiger partial charge on any atom is -0.340 e. The highest BCUT2D eigenvalue weighted by Gasteiger charge is 2.26. The Morgan fingerprint density at radius 3 is 2.55 bits per heavy atom. The molecule has 2 aliphatic rings. The van der Waals surface area contributed by atoms with Crippen molar-refractivity contribution in [1.82, 2.24) is 14.8 Å². The van der Waals surface area contributed by atoms with Gasteiger partial charge in [0.15, 0.2) is 0 Å². The van der Waals surface area contributed by atoms with E-state index < -0.39 is 0 Å². The van der Waals surface area contributed by atoms with Crippen LogP contribution in [0, 0.1) is 0 Å². The van der Waals surface area contributed by atoms with E-state index in [1.54, 1.807) is 6.20 Å². The molecule has 0 saturated carbocycles. The van der Waals surface area contributed by atoms with E-state index >= 15 is 0 Å². The van der Waals surface area contributed by atoms with Gasteiger partial charge < -0.3 is 9.80 Å². The Morgan fingerprint density at radius 2 is 1.76 bits per heavy atom. The lowest BCUT2D eigenvalue weighted by molar-refractivity contribution is -0.133. The molecule has 4 rings (SSSR count). The number of fused-ring (bicyclic) bond motifs is 1. The van der Waals surface area contributed by atoms with E-state index in [-0.39, 0.29) is 11.8 Å². The first-order valence-electron chi connectivity index (χ1n) is 10.5. The fourth-order valence-corrected chi connectivity index (χ4v) is 4.18. The van der Waals surface area contributed by atoms with E-state index in [0.29, 0.717) is 26.1 Å².